The van der Waals surface area contributed by atoms with Crippen LogP contribution >= 0.6 is 15.9 Å². The number of carbonyl (C=O) groups is 2. The number of rotatable bonds is 4. The minimum absolute atomic E-state index is 0.00751. The van der Waals surface area contributed by atoms with Gasteiger partial charge in [-0.1, -0.05) is 28.1 Å². The number of esters is 1. The number of ether oxygens (including phenoxy) is 1. The average Bonchev–Trinajstić information content (AvgIpc) is 2.94. The summed E-state index contributed by atoms with van der Waals surface area (Å²) in [6.07, 6.45) is 0. The molecule has 0 aliphatic heterocycles. The molecule has 0 saturated carbocycles. The highest BCUT2D eigenvalue weighted by Gasteiger charge is 2.21. The summed E-state index contributed by atoms with van der Waals surface area (Å²) in [5.74, 6) is -1.98. The van der Waals surface area contributed by atoms with Gasteiger partial charge in [0.15, 0.2) is 18.0 Å². The average molecular weight is 420 g/mol. The standard InChI is InChI=1S/C19H15BrFNO4/c1-10-8-12(20)6-7-15(10)22-16(23)9-25-19(24)17-11(2)13-4-3-5-14(21)18(13)26-17/h3-8H,9H2,1-2H3,(H,22,23). The smallest absolute Gasteiger partial charge is 0.375 e. The fourth-order valence-electron chi connectivity index (χ4n) is 2.55. The third-order valence-corrected chi connectivity index (χ3v) is 4.39. The van der Waals surface area contributed by atoms with Crippen LogP contribution in [0.1, 0.15) is 21.7 Å². The van der Waals surface area contributed by atoms with Gasteiger partial charge in [0, 0.05) is 21.1 Å². The zero-order chi connectivity index (χ0) is 18.8. The number of para-hydroxylation sites is 1. The Bertz CT molecular complexity index is 1010. The second-order valence-electron chi connectivity index (χ2n) is 5.76. The summed E-state index contributed by atoms with van der Waals surface area (Å²) in [4.78, 5) is 24.2. The Balaban J connectivity index is 1.68. The lowest BCUT2D eigenvalue weighted by atomic mass is 10.1. The molecule has 26 heavy (non-hydrogen) atoms. The first-order chi connectivity index (χ1) is 12.4. The van der Waals surface area contributed by atoms with Crippen LogP contribution < -0.4 is 5.32 Å². The van der Waals surface area contributed by atoms with E-state index in [1.165, 1.54) is 12.1 Å². The number of amides is 1. The van der Waals surface area contributed by atoms with Crippen molar-refractivity contribution in [1.29, 1.82) is 0 Å². The monoisotopic (exact) mass is 419 g/mol. The lowest BCUT2D eigenvalue weighted by molar-refractivity contribution is -0.119. The van der Waals surface area contributed by atoms with Crippen LogP contribution in [0.15, 0.2) is 45.3 Å². The highest BCUT2D eigenvalue weighted by Crippen LogP contribution is 2.27. The fourth-order valence-corrected chi connectivity index (χ4v) is 3.03. The Morgan fingerprint density at radius 3 is 2.69 bits per heavy atom. The van der Waals surface area contributed by atoms with Gasteiger partial charge in [-0.15, -0.1) is 0 Å². The van der Waals surface area contributed by atoms with E-state index in [1.807, 2.05) is 13.0 Å². The van der Waals surface area contributed by atoms with Crippen molar-refractivity contribution in [3.05, 3.63) is 63.6 Å². The SMILES string of the molecule is Cc1cc(Br)ccc1NC(=O)COC(=O)c1oc2c(F)cccc2c1C. The maximum atomic E-state index is 13.8. The van der Waals surface area contributed by atoms with E-state index in [0.29, 0.717) is 16.6 Å². The maximum Gasteiger partial charge on any atom is 0.375 e. The Kier molecular flexibility index (Phi) is 5.08. The molecule has 134 valence electrons. The van der Waals surface area contributed by atoms with Crippen LogP contribution in [0.5, 0.6) is 0 Å². The summed E-state index contributed by atoms with van der Waals surface area (Å²) in [6.45, 7) is 3.00. The van der Waals surface area contributed by atoms with E-state index in [9.17, 15) is 14.0 Å². The molecule has 0 saturated heterocycles. The summed E-state index contributed by atoms with van der Waals surface area (Å²) in [7, 11) is 0. The van der Waals surface area contributed by atoms with Crippen molar-refractivity contribution in [1.82, 2.24) is 0 Å². The number of benzene rings is 2. The molecule has 0 atom stereocenters. The largest absolute Gasteiger partial charge is 0.450 e. The zero-order valence-electron chi connectivity index (χ0n) is 14.1. The minimum Gasteiger partial charge on any atom is -0.450 e. The van der Waals surface area contributed by atoms with Gasteiger partial charge in [0.2, 0.25) is 5.76 Å². The van der Waals surface area contributed by atoms with Crippen LogP contribution in [0.2, 0.25) is 0 Å². The number of aryl methyl sites for hydroxylation is 2. The summed E-state index contributed by atoms with van der Waals surface area (Å²) in [6, 6.07) is 9.81. The summed E-state index contributed by atoms with van der Waals surface area (Å²) in [5.41, 5.74) is 1.94. The van der Waals surface area contributed by atoms with E-state index in [0.717, 1.165) is 10.0 Å². The number of anilines is 1. The number of hydrogen-bond donors (Lipinski definition) is 1. The van der Waals surface area contributed by atoms with Gasteiger partial charge in [0.05, 0.1) is 0 Å². The maximum absolute atomic E-state index is 13.8. The molecule has 7 heteroatoms. The second kappa shape index (κ2) is 7.29. The summed E-state index contributed by atoms with van der Waals surface area (Å²) >= 11 is 3.35. The molecule has 1 amide bonds. The zero-order valence-corrected chi connectivity index (χ0v) is 15.6. The third-order valence-electron chi connectivity index (χ3n) is 3.90. The molecule has 0 radical (unpaired) electrons. The van der Waals surface area contributed by atoms with Crippen molar-refractivity contribution in [2.45, 2.75) is 13.8 Å². The van der Waals surface area contributed by atoms with Gasteiger partial charge < -0.3 is 14.5 Å². The number of fused-ring (bicyclic) bond motifs is 1. The Hall–Kier alpha value is -2.67. The quantitative estimate of drug-likeness (QED) is 0.619. The number of nitrogens with one attached hydrogen (secondary N) is 1. The first-order valence-corrected chi connectivity index (χ1v) is 8.57. The number of carbonyl (C=O) groups excluding carboxylic acids is 2. The predicted octanol–water partition coefficient (Wildman–Crippen LogP) is 4.75. The molecular formula is C19H15BrFNO4. The summed E-state index contributed by atoms with van der Waals surface area (Å²) < 4.78 is 24.9. The third kappa shape index (κ3) is 3.62. The van der Waals surface area contributed by atoms with Crippen molar-refractivity contribution in [3.63, 3.8) is 0 Å². The van der Waals surface area contributed by atoms with Gasteiger partial charge in [0.25, 0.3) is 5.91 Å². The van der Waals surface area contributed by atoms with Crippen LogP contribution in [0.3, 0.4) is 0 Å². The molecule has 3 aromatic rings. The molecule has 3 rings (SSSR count). The van der Waals surface area contributed by atoms with Crippen molar-refractivity contribution in [2.24, 2.45) is 0 Å². The number of hydrogen-bond acceptors (Lipinski definition) is 4. The molecule has 1 heterocycles. The van der Waals surface area contributed by atoms with Gasteiger partial charge in [-0.25, -0.2) is 9.18 Å². The van der Waals surface area contributed by atoms with Crippen molar-refractivity contribution in [2.75, 3.05) is 11.9 Å². The molecule has 0 unspecified atom stereocenters. The highest BCUT2D eigenvalue weighted by atomic mass is 79.9. The predicted molar refractivity (Wildman–Crippen MR) is 98.7 cm³/mol. The van der Waals surface area contributed by atoms with Crippen molar-refractivity contribution in [3.8, 4) is 0 Å². The molecule has 1 N–H and O–H groups in total. The van der Waals surface area contributed by atoms with E-state index in [4.69, 9.17) is 9.15 Å². The van der Waals surface area contributed by atoms with Crippen LogP contribution in [-0.4, -0.2) is 18.5 Å². The topological polar surface area (TPSA) is 68.5 Å². The van der Waals surface area contributed by atoms with Gasteiger partial charge in [-0.2, -0.15) is 0 Å². The first kappa shape index (κ1) is 18.1. The molecule has 0 spiro atoms. The lowest BCUT2D eigenvalue weighted by Gasteiger charge is -2.09. The van der Waals surface area contributed by atoms with Crippen molar-refractivity contribution < 1.29 is 23.1 Å². The molecule has 2 aromatic carbocycles. The van der Waals surface area contributed by atoms with Gasteiger partial charge in [-0.3, -0.25) is 4.79 Å². The number of furan rings is 1. The molecule has 0 aliphatic carbocycles. The van der Waals surface area contributed by atoms with Crippen LogP contribution in [-0.2, 0) is 9.53 Å². The normalized spacial score (nSPS) is 10.8. The summed E-state index contributed by atoms with van der Waals surface area (Å²) in [5, 5.41) is 3.16. The van der Waals surface area contributed by atoms with Gasteiger partial charge in [0.1, 0.15) is 0 Å². The van der Waals surface area contributed by atoms with Gasteiger partial charge >= 0.3 is 5.97 Å². The molecule has 0 fully saturated rings. The van der Waals surface area contributed by atoms with E-state index in [-0.39, 0.29) is 11.3 Å². The fraction of sp³-hybridized carbons (Fsp3) is 0.158. The second-order valence-corrected chi connectivity index (χ2v) is 6.67. The molecule has 1 aromatic heterocycles. The molecule has 5 nitrogen and oxygen atoms in total. The van der Waals surface area contributed by atoms with Crippen LogP contribution in [0.4, 0.5) is 10.1 Å². The molecule has 0 bridgehead atoms. The number of halogens is 2. The first-order valence-electron chi connectivity index (χ1n) is 7.77. The van der Waals surface area contributed by atoms with E-state index in [2.05, 4.69) is 21.2 Å². The van der Waals surface area contributed by atoms with Crippen LogP contribution in [0.25, 0.3) is 11.0 Å². The van der Waals surface area contributed by atoms with Gasteiger partial charge in [-0.05, 0) is 43.7 Å². The Morgan fingerprint density at radius 2 is 2.00 bits per heavy atom. The minimum atomic E-state index is -0.819. The Morgan fingerprint density at radius 1 is 1.23 bits per heavy atom. The van der Waals surface area contributed by atoms with E-state index in [1.54, 1.807) is 25.1 Å². The van der Waals surface area contributed by atoms with Crippen LogP contribution in [0, 0.1) is 19.7 Å². The van der Waals surface area contributed by atoms with E-state index >= 15 is 0 Å². The highest BCUT2D eigenvalue weighted by molar-refractivity contribution is 9.10. The van der Waals surface area contributed by atoms with E-state index < -0.39 is 24.3 Å². The molecular weight excluding hydrogens is 405 g/mol. The lowest BCUT2D eigenvalue weighted by Crippen LogP contribution is -2.21. The Labute approximate surface area is 157 Å². The molecule has 0 aliphatic rings. The van der Waals surface area contributed by atoms with Crippen molar-refractivity contribution >= 4 is 44.5 Å².